The molecular weight excluding hydrogens is 388 g/mol. The maximum absolute atomic E-state index is 13.4. The van der Waals surface area contributed by atoms with Gasteiger partial charge in [-0.15, -0.1) is 0 Å². The van der Waals surface area contributed by atoms with Crippen molar-refractivity contribution in [1.29, 1.82) is 0 Å². The third-order valence-corrected chi connectivity index (χ3v) is 6.00. The molecule has 0 spiro atoms. The molecule has 3 aliphatic heterocycles. The second-order valence-electron chi connectivity index (χ2n) is 7.87. The number of nitrogens with zero attached hydrogens (tertiary/aromatic N) is 1. The molecule has 8 heteroatoms. The van der Waals surface area contributed by atoms with Crippen LogP contribution in [0.1, 0.15) is 24.8 Å². The van der Waals surface area contributed by atoms with E-state index in [1.165, 1.54) is 4.90 Å². The second-order valence-corrected chi connectivity index (χ2v) is 7.87. The minimum absolute atomic E-state index is 0.0953. The first-order valence-electron chi connectivity index (χ1n) is 9.91. The third kappa shape index (κ3) is 2.87. The van der Waals surface area contributed by atoms with E-state index in [1.807, 2.05) is 31.2 Å². The summed E-state index contributed by atoms with van der Waals surface area (Å²) in [6, 6.07) is 12.6. The average molecular weight is 410 g/mol. The minimum atomic E-state index is -0.930. The van der Waals surface area contributed by atoms with Crippen molar-refractivity contribution in [2.45, 2.75) is 25.0 Å². The van der Waals surface area contributed by atoms with Crippen molar-refractivity contribution in [3.05, 3.63) is 48.0 Å². The molecule has 0 aromatic heterocycles. The molecule has 5 rings (SSSR count). The van der Waals surface area contributed by atoms with Crippen LogP contribution in [0.5, 0.6) is 17.2 Å². The van der Waals surface area contributed by atoms with Crippen LogP contribution in [0.2, 0.25) is 0 Å². The predicted molar refractivity (Wildman–Crippen MR) is 106 cm³/mol. The molecular formula is C22H22N2O6. The molecule has 2 N–H and O–H groups in total. The van der Waals surface area contributed by atoms with Crippen molar-refractivity contribution in [2.75, 3.05) is 25.3 Å². The van der Waals surface area contributed by atoms with E-state index >= 15 is 0 Å². The van der Waals surface area contributed by atoms with Crippen LogP contribution in [0.3, 0.4) is 0 Å². The van der Waals surface area contributed by atoms with Crippen LogP contribution in [0.4, 0.5) is 5.69 Å². The fourth-order valence-corrected chi connectivity index (χ4v) is 4.65. The highest BCUT2D eigenvalue weighted by atomic mass is 16.7. The number of nitrogens with one attached hydrogen (secondary N) is 1. The zero-order valence-corrected chi connectivity index (χ0v) is 16.5. The van der Waals surface area contributed by atoms with E-state index in [0.29, 0.717) is 29.4 Å². The number of hydrogen-bond donors (Lipinski definition) is 2. The second kappa shape index (κ2) is 6.91. The molecule has 0 aliphatic carbocycles. The average Bonchev–Trinajstić information content (AvgIpc) is 3.19. The van der Waals surface area contributed by atoms with Gasteiger partial charge in [0, 0.05) is 30.6 Å². The number of rotatable bonds is 4. The van der Waals surface area contributed by atoms with Gasteiger partial charge in [0.1, 0.15) is 11.7 Å². The third-order valence-electron chi connectivity index (χ3n) is 6.00. The van der Waals surface area contributed by atoms with E-state index in [0.717, 1.165) is 5.56 Å². The number of hydrogen-bond acceptors (Lipinski definition) is 6. The Kier molecular flexibility index (Phi) is 4.32. The minimum Gasteiger partial charge on any atom is -0.468 e. The maximum Gasteiger partial charge on any atom is 0.238 e. The van der Waals surface area contributed by atoms with Gasteiger partial charge >= 0.3 is 0 Å². The van der Waals surface area contributed by atoms with Crippen LogP contribution < -0.4 is 19.5 Å². The van der Waals surface area contributed by atoms with Crippen LogP contribution in [-0.2, 0) is 9.59 Å². The first kappa shape index (κ1) is 18.7. The number of anilines is 1. The molecule has 0 saturated carbocycles. The summed E-state index contributed by atoms with van der Waals surface area (Å²) in [6.45, 7) is 1.85. The van der Waals surface area contributed by atoms with E-state index in [2.05, 4.69) is 5.32 Å². The number of fused-ring (bicyclic) bond motifs is 5. The summed E-state index contributed by atoms with van der Waals surface area (Å²) in [6.07, 6.45) is 0.467. The Morgan fingerprint density at radius 1 is 1.20 bits per heavy atom. The predicted octanol–water partition coefficient (Wildman–Crippen LogP) is 2.09. The summed E-state index contributed by atoms with van der Waals surface area (Å²) in [7, 11) is 0. The molecule has 8 nitrogen and oxygen atoms in total. The number of benzene rings is 2. The molecule has 156 valence electrons. The summed E-state index contributed by atoms with van der Waals surface area (Å²) >= 11 is 0. The van der Waals surface area contributed by atoms with Gasteiger partial charge in [-0.2, -0.15) is 0 Å². The standard InChI is InChI=1S/C22H22N2O6/c1-22-11-15(14-4-2-3-5-16(14)30-22)19(21(27)24(22)8-9-25)20(26)23-13-6-7-17-18(10-13)29-12-28-17/h2-7,10,15,19,25H,8-9,11-12H2,1H3,(H,23,26)/t15-,19+,22+/m0/s1. The van der Waals surface area contributed by atoms with Crippen LogP contribution in [0.15, 0.2) is 42.5 Å². The lowest BCUT2D eigenvalue weighted by molar-refractivity contribution is -0.176. The van der Waals surface area contributed by atoms with Crippen molar-refractivity contribution >= 4 is 17.5 Å². The Labute approximate surface area is 173 Å². The van der Waals surface area contributed by atoms with Crippen LogP contribution in [0, 0.1) is 5.92 Å². The normalized spacial score (nSPS) is 26.1. The summed E-state index contributed by atoms with van der Waals surface area (Å²) in [5.74, 6) is -0.177. The number of carbonyl (C=O) groups is 2. The van der Waals surface area contributed by atoms with Gasteiger partial charge in [0.2, 0.25) is 18.6 Å². The van der Waals surface area contributed by atoms with Gasteiger partial charge in [-0.3, -0.25) is 9.59 Å². The number of carbonyl (C=O) groups excluding carboxylic acids is 2. The molecule has 3 heterocycles. The molecule has 2 bridgehead atoms. The number of ether oxygens (including phenoxy) is 3. The molecule has 3 aliphatic rings. The summed E-state index contributed by atoms with van der Waals surface area (Å²) < 4.78 is 16.8. The van der Waals surface area contributed by atoms with E-state index < -0.39 is 17.6 Å². The van der Waals surface area contributed by atoms with Crippen molar-refractivity contribution in [2.24, 2.45) is 5.92 Å². The molecule has 0 unspecified atom stereocenters. The van der Waals surface area contributed by atoms with E-state index in [9.17, 15) is 14.7 Å². The van der Waals surface area contributed by atoms with Gasteiger partial charge < -0.3 is 29.5 Å². The number of aliphatic hydroxyl groups excluding tert-OH is 1. The molecule has 2 aromatic carbocycles. The monoisotopic (exact) mass is 410 g/mol. The highest BCUT2D eigenvalue weighted by Gasteiger charge is 2.55. The molecule has 2 aromatic rings. The Bertz CT molecular complexity index is 1020. The van der Waals surface area contributed by atoms with E-state index in [-0.39, 0.29) is 31.8 Å². The van der Waals surface area contributed by atoms with Crippen molar-refractivity contribution in [3.8, 4) is 17.2 Å². The van der Waals surface area contributed by atoms with Gasteiger partial charge in [0.25, 0.3) is 0 Å². The fraction of sp³-hybridized carbons (Fsp3) is 0.364. The first-order chi connectivity index (χ1) is 14.5. The van der Waals surface area contributed by atoms with Gasteiger partial charge in [0.05, 0.1) is 6.61 Å². The number of amides is 2. The van der Waals surface area contributed by atoms with E-state index in [4.69, 9.17) is 14.2 Å². The smallest absolute Gasteiger partial charge is 0.238 e. The quantitative estimate of drug-likeness (QED) is 0.750. The van der Waals surface area contributed by atoms with Gasteiger partial charge in [-0.25, -0.2) is 0 Å². The van der Waals surface area contributed by atoms with Crippen LogP contribution >= 0.6 is 0 Å². The van der Waals surface area contributed by atoms with E-state index in [1.54, 1.807) is 18.2 Å². The highest BCUT2D eigenvalue weighted by molar-refractivity contribution is 6.08. The summed E-state index contributed by atoms with van der Waals surface area (Å²) in [5, 5.41) is 12.4. The van der Waals surface area contributed by atoms with Gasteiger partial charge in [-0.05, 0) is 30.7 Å². The molecule has 2 amide bonds. The molecule has 1 saturated heterocycles. The lowest BCUT2D eigenvalue weighted by atomic mass is 9.73. The van der Waals surface area contributed by atoms with Crippen LogP contribution in [0.25, 0.3) is 0 Å². The number of β-amino-alcohol motifs (C(OH)–C–C–N with tert-alkyl or cyclic N) is 1. The molecule has 0 radical (unpaired) electrons. The zero-order chi connectivity index (χ0) is 20.9. The molecule has 30 heavy (non-hydrogen) atoms. The number of likely N-dealkylation sites (tertiary alicyclic amines) is 1. The number of para-hydroxylation sites is 1. The lowest BCUT2D eigenvalue weighted by Gasteiger charge is -2.52. The zero-order valence-electron chi connectivity index (χ0n) is 16.5. The maximum atomic E-state index is 13.4. The van der Waals surface area contributed by atoms with Crippen molar-refractivity contribution in [3.63, 3.8) is 0 Å². The number of aliphatic hydroxyl groups is 1. The van der Waals surface area contributed by atoms with Crippen LogP contribution in [-0.4, -0.2) is 47.5 Å². The highest BCUT2D eigenvalue weighted by Crippen LogP contribution is 2.50. The Hall–Kier alpha value is -3.26. The fourth-order valence-electron chi connectivity index (χ4n) is 4.65. The molecule has 3 atom stereocenters. The summed E-state index contributed by atoms with van der Waals surface area (Å²) in [4.78, 5) is 28.2. The largest absolute Gasteiger partial charge is 0.468 e. The van der Waals surface area contributed by atoms with Crippen molar-refractivity contribution < 1.29 is 28.9 Å². The SMILES string of the molecule is C[C@]12C[C@@H](c3ccccc3O1)[C@H](C(=O)Nc1ccc3c(c1)OCO3)C(=O)N2CCO. The lowest BCUT2D eigenvalue weighted by Crippen LogP contribution is -2.64. The van der Waals surface area contributed by atoms with Crippen molar-refractivity contribution in [1.82, 2.24) is 4.90 Å². The van der Waals surface area contributed by atoms with Gasteiger partial charge in [-0.1, -0.05) is 18.2 Å². The number of piperidine rings is 1. The topological polar surface area (TPSA) is 97.3 Å². The molecule has 1 fully saturated rings. The Morgan fingerprint density at radius 2 is 2.00 bits per heavy atom. The summed E-state index contributed by atoms with van der Waals surface area (Å²) in [5.41, 5.74) is 0.464. The first-order valence-corrected chi connectivity index (χ1v) is 9.91. The van der Waals surface area contributed by atoms with Gasteiger partial charge in [0.15, 0.2) is 17.2 Å². The Morgan fingerprint density at radius 3 is 2.83 bits per heavy atom. The Balaban J connectivity index is 1.50.